The van der Waals surface area contributed by atoms with Gasteiger partial charge in [0, 0.05) is 71.9 Å². The Labute approximate surface area is 181 Å². The van der Waals surface area contributed by atoms with Gasteiger partial charge in [0.05, 0.1) is 6.54 Å². The van der Waals surface area contributed by atoms with Crippen molar-refractivity contribution in [1.29, 1.82) is 0 Å². The molecule has 0 radical (unpaired) electrons. The summed E-state index contributed by atoms with van der Waals surface area (Å²) in [5, 5.41) is 7.04. The molecule has 1 aromatic carbocycles. The topological polar surface area (TPSA) is 63.2 Å². The molecule has 0 aromatic heterocycles. The number of piperidine rings is 1. The zero-order valence-corrected chi connectivity index (χ0v) is 18.6. The molecule has 0 atom stereocenters. The summed E-state index contributed by atoms with van der Waals surface area (Å²) in [5.41, 5.74) is 1.39. The van der Waals surface area contributed by atoms with Crippen LogP contribution in [0.4, 0.5) is 0 Å². The molecule has 2 N–H and O–H groups in total. The predicted octanol–water partition coefficient (Wildman–Crippen LogP) is 1.37. The molecule has 2 aliphatic heterocycles. The SMILES string of the molecule is CCNC(=NCCN1CCN(C(C)=O)CC1)NC1CCN(Cc2ccccc2)CC1. The fraction of sp³-hybridized carbons (Fsp3) is 0.652. The van der Waals surface area contributed by atoms with E-state index in [1.165, 1.54) is 5.56 Å². The highest BCUT2D eigenvalue weighted by Crippen LogP contribution is 2.13. The van der Waals surface area contributed by atoms with E-state index in [0.717, 1.165) is 84.2 Å². The second kappa shape index (κ2) is 11.9. The van der Waals surface area contributed by atoms with E-state index in [-0.39, 0.29) is 5.91 Å². The molecule has 0 saturated carbocycles. The van der Waals surface area contributed by atoms with Crippen LogP contribution in [0, 0.1) is 0 Å². The van der Waals surface area contributed by atoms with Gasteiger partial charge in [0.2, 0.25) is 5.91 Å². The lowest BCUT2D eigenvalue weighted by molar-refractivity contribution is -0.130. The van der Waals surface area contributed by atoms with E-state index in [9.17, 15) is 4.79 Å². The molecule has 2 aliphatic rings. The van der Waals surface area contributed by atoms with Gasteiger partial charge in [-0.1, -0.05) is 30.3 Å². The Morgan fingerprint density at radius 1 is 1.03 bits per heavy atom. The first-order valence-electron chi connectivity index (χ1n) is 11.4. The third kappa shape index (κ3) is 7.29. The van der Waals surface area contributed by atoms with Crippen LogP contribution < -0.4 is 10.6 Å². The number of rotatable bonds is 7. The molecule has 2 fully saturated rings. The number of hydrogen-bond acceptors (Lipinski definition) is 4. The average Bonchev–Trinajstić information content (AvgIpc) is 2.76. The van der Waals surface area contributed by atoms with Gasteiger partial charge < -0.3 is 15.5 Å². The first kappa shape index (κ1) is 22.6. The predicted molar refractivity (Wildman–Crippen MR) is 123 cm³/mol. The van der Waals surface area contributed by atoms with Crippen molar-refractivity contribution in [2.24, 2.45) is 4.99 Å². The summed E-state index contributed by atoms with van der Waals surface area (Å²) in [6.07, 6.45) is 2.29. The molecule has 7 heteroatoms. The Morgan fingerprint density at radius 3 is 2.37 bits per heavy atom. The lowest BCUT2D eigenvalue weighted by atomic mass is 10.0. The van der Waals surface area contributed by atoms with E-state index in [4.69, 9.17) is 4.99 Å². The first-order chi connectivity index (χ1) is 14.6. The summed E-state index contributed by atoms with van der Waals surface area (Å²) in [6, 6.07) is 11.2. The van der Waals surface area contributed by atoms with Crippen molar-refractivity contribution in [3.05, 3.63) is 35.9 Å². The van der Waals surface area contributed by atoms with Crippen LogP contribution in [0.3, 0.4) is 0 Å². The van der Waals surface area contributed by atoms with Gasteiger partial charge in [0.25, 0.3) is 0 Å². The average molecular weight is 415 g/mol. The number of guanidine groups is 1. The Kier molecular flexibility index (Phi) is 8.96. The highest BCUT2D eigenvalue weighted by molar-refractivity contribution is 5.80. The van der Waals surface area contributed by atoms with Crippen LogP contribution >= 0.6 is 0 Å². The van der Waals surface area contributed by atoms with E-state index in [1.54, 1.807) is 6.92 Å². The van der Waals surface area contributed by atoms with Crippen LogP contribution in [0.5, 0.6) is 0 Å². The Bertz CT molecular complexity index is 664. The number of amides is 1. The number of benzene rings is 1. The second-order valence-electron chi connectivity index (χ2n) is 8.29. The number of nitrogens with zero attached hydrogens (tertiary/aromatic N) is 4. The Morgan fingerprint density at radius 2 is 1.73 bits per heavy atom. The molecule has 30 heavy (non-hydrogen) atoms. The maximum Gasteiger partial charge on any atom is 0.219 e. The molecule has 3 rings (SSSR count). The molecule has 166 valence electrons. The van der Waals surface area contributed by atoms with Gasteiger partial charge in [-0.05, 0) is 25.3 Å². The number of aliphatic imine (C=N–C) groups is 1. The zero-order valence-electron chi connectivity index (χ0n) is 18.6. The monoisotopic (exact) mass is 414 g/mol. The van der Waals surface area contributed by atoms with E-state index in [1.807, 2.05) is 4.90 Å². The minimum atomic E-state index is 0.182. The largest absolute Gasteiger partial charge is 0.357 e. The lowest BCUT2D eigenvalue weighted by Crippen LogP contribution is -2.49. The summed E-state index contributed by atoms with van der Waals surface area (Å²) in [4.78, 5) is 23.1. The molecule has 1 aromatic rings. The van der Waals surface area contributed by atoms with Gasteiger partial charge in [-0.3, -0.25) is 19.6 Å². The maximum atomic E-state index is 11.4. The van der Waals surface area contributed by atoms with Crippen LogP contribution in [0.2, 0.25) is 0 Å². The van der Waals surface area contributed by atoms with Crippen molar-refractivity contribution < 1.29 is 4.79 Å². The molecule has 2 heterocycles. The maximum absolute atomic E-state index is 11.4. The van der Waals surface area contributed by atoms with E-state index >= 15 is 0 Å². The van der Waals surface area contributed by atoms with E-state index < -0.39 is 0 Å². The van der Waals surface area contributed by atoms with Gasteiger partial charge >= 0.3 is 0 Å². The van der Waals surface area contributed by atoms with Crippen LogP contribution in [0.25, 0.3) is 0 Å². The molecular weight excluding hydrogens is 376 g/mol. The highest BCUT2D eigenvalue weighted by Gasteiger charge is 2.20. The number of nitrogens with one attached hydrogen (secondary N) is 2. The van der Waals surface area contributed by atoms with Crippen molar-refractivity contribution in [3.8, 4) is 0 Å². The standard InChI is InChI=1S/C23H38N6O/c1-3-24-23(25-11-14-27-15-17-29(18-16-27)20(2)30)26-22-9-12-28(13-10-22)19-21-7-5-4-6-8-21/h4-8,22H,3,9-19H2,1-2H3,(H2,24,25,26). The summed E-state index contributed by atoms with van der Waals surface area (Å²) >= 11 is 0. The summed E-state index contributed by atoms with van der Waals surface area (Å²) in [5.74, 6) is 1.11. The molecule has 2 saturated heterocycles. The lowest BCUT2D eigenvalue weighted by Gasteiger charge is -2.34. The van der Waals surface area contributed by atoms with E-state index in [0.29, 0.717) is 6.04 Å². The van der Waals surface area contributed by atoms with Crippen LogP contribution in [0.1, 0.15) is 32.3 Å². The van der Waals surface area contributed by atoms with Crippen LogP contribution in [-0.2, 0) is 11.3 Å². The van der Waals surface area contributed by atoms with Crippen molar-refractivity contribution in [1.82, 2.24) is 25.3 Å². The minimum Gasteiger partial charge on any atom is -0.357 e. The molecular formula is C23H38N6O. The zero-order chi connectivity index (χ0) is 21.2. The third-order valence-electron chi connectivity index (χ3n) is 6.03. The molecule has 1 amide bonds. The number of piperazine rings is 1. The molecule has 0 aliphatic carbocycles. The summed E-state index contributed by atoms with van der Waals surface area (Å²) in [7, 11) is 0. The van der Waals surface area contributed by atoms with Crippen molar-refractivity contribution in [3.63, 3.8) is 0 Å². The minimum absolute atomic E-state index is 0.182. The second-order valence-corrected chi connectivity index (χ2v) is 8.29. The van der Waals surface area contributed by atoms with Crippen molar-refractivity contribution >= 4 is 11.9 Å². The smallest absolute Gasteiger partial charge is 0.219 e. The van der Waals surface area contributed by atoms with Crippen molar-refractivity contribution in [2.45, 2.75) is 39.3 Å². The fourth-order valence-electron chi connectivity index (χ4n) is 4.18. The summed E-state index contributed by atoms with van der Waals surface area (Å²) < 4.78 is 0. The number of hydrogen-bond donors (Lipinski definition) is 2. The molecule has 0 unspecified atom stereocenters. The Hall–Kier alpha value is -2.12. The van der Waals surface area contributed by atoms with Gasteiger partial charge in [0.15, 0.2) is 5.96 Å². The van der Waals surface area contributed by atoms with Gasteiger partial charge in [-0.15, -0.1) is 0 Å². The summed E-state index contributed by atoms with van der Waals surface area (Å²) in [6.45, 7) is 13.2. The first-order valence-corrected chi connectivity index (χ1v) is 11.4. The normalized spacial score (nSPS) is 19.7. The van der Waals surface area contributed by atoms with Crippen LogP contribution in [0.15, 0.2) is 35.3 Å². The van der Waals surface area contributed by atoms with Gasteiger partial charge in [-0.2, -0.15) is 0 Å². The highest BCUT2D eigenvalue weighted by atomic mass is 16.2. The molecule has 0 bridgehead atoms. The quantitative estimate of drug-likeness (QED) is 0.521. The number of carbonyl (C=O) groups excluding carboxylic acids is 1. The van der Waals surface area contributed by atoms with Crippen molar-refractivity contribution in [2.75, 3.05) is 58.9 Å². The third-order valence-corrected chi connectivity index (χ3v) is 6.03. The van der Waals surface area contributed by atoms with Crippen LogP contribution in [-0.4, -0.2) is 91.5 Å². The Balaban J connectivity index is 1.38. The van der Waals surface area contributed by atoms with Gasteiger partial charge in [0.1, 0.15) is 0 Å². The number of likely N-dealkylation sites (tertiary alicyclic amines) is 1. The number of carbonyl (C=O) groups is 1. The molecule has 0 spiro atoms. The molecule has 7 nitrogen and oxygen atoms in total. The van der Waals surface area contributed by atoms with Gasteiger partial charge in [-0.25, -0.2) is 0 Å². The van der Waals surface area contributed by atoms with E-state index in [2.05, 4.69) is 57.7 Å². The fourth-order valence-corrected chi connectivity index (χ4v) is 4.18.